The van der Waals surface area contributed by atoms with Gasteiger partial charge in [0.1, 0.15) is 0 Å². The number of carbonyl (C=O) groups excluding carboxylic acids is 2. The molecule has 0 spiro atoms. The van der Waals surface area contributed by atoms with E-state index in [0.717, 1.165) is 0 Å². The Morgan fingerprint density at radius 2 is 1.53 bits per heavy atom. The van der Waals surface area contributed by atoms with Crippen molar-refractivity contribution in [3.05, 3.63) is 112 Å². The lowest BCUT2D eigenvalue weighted by Gasteiger charge is -2.08. The number of nitro benzene ring substituents is 1. The van der Waals surface area contributed by atoms with Crippen LogP contribution in [-0.4, -0.2) is 26.9 Å². The van der Waals surface area contributed by atoms with E-state index in [2.05, 4.69) is 10.2 Å². The van der Waals surface area contributed by atoms with Crippen LogP contribution in [0.5, 0.6) is 0 Å². The van der Waals surface area contributed by atoms with Crippen molar-refractivity contribution in [1.82, 2.24) is 10.2 Å². The molecule has 0 aliphatic rings. The van der Waals surface area contributed by atoms with Crippen molar-refractivity contribution in [2.75, 3.05) is 0 Å². The van der Waals surface area contributed by atoms with E-state index in [4.69, 9.17) is 9.15 Å². The summed E-state index contributed by atoms with van der Waals surface area (Å²) in [6, 6.07) is 20.6. The second-order valence-electron chi connectivity index (χ2n) is 6.62. The summed E-state index contributed by atoms with van der Waals surface area (Å²) < 4.78 is 10.7. The summed E-state index contributed by atoms with van der Waals surface area (Å²) in [5.41, 5.74) is 1.22. The van der Waals surface area contributed by atoms with Gasteiger partial charge in [-0.25, -0.2) is 4.79 Å². The lowest BCUT2D eigenvalue weighted by atomic mass is 9.98. The molecule has 9 nitrogen and oxygen atoms in total. The minimum Gasteiger partial charge on any atom is -0.452 e. The Morgan fingerprint density at radius 1 is 0.875 bits per heavy atom. The number of ketones is 1. The van der Waals surface area contributed by atoms with E-state index in [0.29, 0.717) is 11.1 Å². The van der Waals surface area contributed by atoms with Gasteiger partial charge in [-0.3, -0.25) is 14.9 Å². The van der Waals surface area contributed by atoms with Crippen molar-refractivity contribution in [2.45, 2.75) is 6.61 Å². The summed E-state index contributed by atoms with van der Waals surface area (Å²) in [7, 11) is 0. The van der Waals surface area contributed by atoms with Gasteiger partial charge in [0.05, 0.1) is 10.5 Å². The molecule has 4 aromatic rings. The van der Waals surface area contributed by atoms with Crippen molar-refractivity contribution in [3.63, 3.8) is 0 Å². The Kier molecular flexibility index (Phi) is 5.80. The number of nitrogens with zero attached hydrogens (tertiary/aromatic N) is 3. The summed E-state index contributed by atoms with van der Waals surface area (Å²) in [4.78, 5) is 35.6. The lowest BCUT2D eigenvalue weighted by molar-refractivity contribution is -0.384. The molecular weight excluding hydrogens is 414 g/mol. The predicted molar refractivity (Wildman–Crippen MR) is 112 cm³/mol. The zero-order valence-electron chi connectivity index (χ0n) is 16.5. The Labute approximate surface area is 181 Å². The van der Waals surface area contributed by atoms with Crippen molar-refractivity contribution in [1.29, 1.82) is 0 Å². The van der Waals surface area contributed by atoms with Gasteiger partial charge in [-0.05, 0) is 18.2 Å². The van der Waals surface area contributed by atoms with Crippen molar-refractivity contribution in [3.8, 4) is 11.5 Å². The number of ether oxygens (including phenoxy) is 1. The second-order valence-corrected chi connectivity index (χ2v) is 6.62. The normalized spacial score (nSPS) is 10.5. The fraction of sp³-hybridized carbons (Fsp3) is 0.0435. The van der Waals surface area contributed by atoms with Crippen LogP contribution in [0.3, 0.4) is 0 Å². The van der Waals surface area contributed by atoms with Gasteiger partial charge in [0.2, 0.25) is 5.89 Å². The van der Waals surface area contributed by atoms with Crippen LogP contribution in [0.4, 0.5) is 5.69 Å². The smallest absolute Gasteiger partial charge is 0.339 e. The molecule has 0 fully saturated rings. The van der Waals surface area contributed by atoms with Crippen LogP contribution in [0.25, 0.3) is 11.5 Å². The SMILES string of the molecule is O=C(OCc1nnc(-c2ccc([N+](=O)[O-])cc2)o1)c1ccccc1C(=O)c1ccccc1. The molecule has 158 valence electrons. The monoisotopic (exact) mass is 429 g/mol. The summed E-state index contributed by atoms with van der Waals surface area (Å²) in [6.07, 6.45) is 0. The molecule has 0 saturated heterocycles. The molecule has 1 aromatic heterocycles. The first-order valence-corrected chi connectivity index (χ1v) is 9.46. The van der Waals surface area contributed by atoms with Crippen LogP contribution < -0.4 is 0 Å². The molecule has 0 bridgehead atoms. The minimum atomic E-state index is -0.708. The fourth-order valence-corrected chi connectivity index (χ4v) is 2.96. The largest absolute Gasteiger partial charge is 0.452 e. The Morgan fingerprint density at radius 3 is 2.22 bits per heavy atom. The Hall–Kier alpha value is -4.66. The van der Waals surface area contributed by atoms with Gasteiger partial charge in [0.25, 0.3) is 11.6 Å². The van der Waals surface area contributed by atoms with Gasteiger partial charge in [0.15, 0.2) is 12.4 Å². The number of nitro groups is 1. The maximum absolute atomic E-state index is 12.8. The summed E-state index contributed by atoms with van der Waals surface area (Å²) in [6.45, 7) is -0.299. The summed E-state index contributed by atoms with van der Waals surface area (Å²) in [5.74, 6) is -0.833. The van der Waals surface area contributed by atoms with Crippen molar-refractivity contribution >= 4 is 17.4 Å². The highest BCUT2D eigenvalue weighted by Gasteiger charge is 2.20. The zero-order chi connectivity index (χ0) is 22.5. The molecule has 0 saturated carbocycles. The van der Waals surface area contributed by atoms with E-state index in [9.17, 15) is 19.7 Å². The molecule has 4 rings (SSSR count). The van der Waals surface area contributed by atoms with E-state index in [-0.39, 0.29) is 41.0 Å². The van der Waals surface area contributed by atoms with E-state index in [1.54, 1.807) is 48.5 Å². The van der Waals surface area contributed by atoms with Crippen LogP contribution in [-0.2, 0) is 11.3 Å². The van der Waals surface area contributed by atoms with Crippen LogP contribution in [0.1, 0.15) is 32.2 Å². The maximum atomic E-state index is 12.8. The van der Waals surface area contributed by atoms with E-state index in [1.807, 2.05) is 0 Å². The molecule has 9 heteroatoms. The number of hydrogen-bond acceptors (Lipinski definition) is 8. The fourth-order valence-electron chi connectivity index (χ4n) is 2.96. The lowest BCUT2D eigenvalue weighted by Crippen LogP contribution is -2.12. The summed E-state index contributed by atoms with van der Waals surface area (Å²) in [5, 5.41) is 18.4. The molecule has 0 atom stereocenters. The number of non-ortho nitro benzene ring substituents is 1. The number of benzene rings is 3. The van der Waals surface area contributed by atoms with E-state index < -0.39 is 10.9 Å². The number of hydrogen-bond donors (Lipinski definition) is 0. The van der Waals surface area contributed by atoms with Gasteiger partial charge >= 0.3 is 5.97 Å². The Balaban J connectivity index is 1.46. The number of carbonyl (C=O) groups is 2. The highest BCUT2D eigenvalue weighted by Crippen LogP contribution is 2.22. The number of aromatic nitrogens is 2. The quantitative estimate of drug-likeness (QED) is 0.185. The van der Waals surface area contributed by atoms with Gasteiger partial charge in [-0.15, -0.1) is 10.2 Å². The maximum Gasteiger partial charge on any atom is 0.339 e. The summed E-state index contributed by atoms with van der Waals surface area (Å²) >= 11 is 0. The standard InChI is InChI=1S/C23H15N3O6/c27-21(15-6-2-1-3-7-15)18-8-4-5-9-19(18)23(28)31-14-20-24-25-22(32-20)16-10-12-17(13-11-16)26(29)30/h1-13H,14H2. The zero-order valence-corrected chi connectivity index (χ0v) is 16.5. The highest BCUT2D eigenvalue weighted by atomic mass is 16.6. The van der Waals surface area contributed by atoms with Gasteiger partial charge in [-0.1, -0.05) is 48.5 Å². The third kappa shape index (κ3) is 4.41. The van der Waals surface area contributed by atoms with Crippen molar-refractivity contribution < 1.29 is 23.7 Å². The first kappa shape index (κ1) is 20.6. The first-order chi connectivity index (χ1) is 15.5. The van der Waals surface area contributed by atoms with Crippen LogP contribution in [0, 0.1) is 10.1 Å². The second kappa shape index (κ2) is 9.00. The third-order valence-electron chi connectivity index (χ3n) is 4.55. The topological polar surface area (TPSA) is 125 Å². The molecule has 1 heterocycles. The Bertz CT molecular complexity index is 1280. The minimum absolute atomic E-state index is 0.0403. The predicted octanol–water partition coefficient (Wildman–Crippen LogP) is 4.23. The van der Waals surface area contributed by atoms with Gasteiger partial charge in [0, 0.05) is 28.8 Å². The van der Waals surface area contributed by atoms with E-state index in [1.165, 1.54) is 30.3 Å². The molecule has 0 N–H and O–H groups in total. The highest BCUT2D eigenvalue weighted by molar-refractivity contribution is 6.14. The van der Waals surface area contributed by atoms with Gasteiger partial charge < -0.3 is 9.15 Å². The molecule has 0 aliphatic heterocycles. The number of esters is 1. The molecule has 0 radical (unpaired) electrons. The van der Waals surface area contributed by atoms with Crippen LogP contribution in [0.15, 0.2) is 83.3 Å². The molecule has 0 amide bonds. The number of rotatable bonds is 7. The third-order valence-corrected chi connectivity index (χ3v) is 4.55. The molecule has 3 aromatic carbocycles. The van der Waals surface area contributed by atoms with Crippen LogP contribution >= 0.6 is 0 Å². The van der Waals surface area contributed by atoms with Crippen LogP contribution in [0.2, 0.25) is 0 Å². The molecule has 0 aliphatic carbocycles. The average Bonchev–Trinajstić information content (AvgIpc) is 3.32. The average molecular weight is 429 g/mol. The molecule has 0 unspecified atom stereocenters. The van der Waals surface area contributed by atoms with E-state index >= 15 is 0 Å². The molecule has 32 heavy (non-hydrogen) atoms. The van der Waals surface area contributed by atoms with Crippen molar-refractivity contribution in [2.24, 2.45) is 0 Å². The first-order valence-electron chi connectivity index (χ1n) is 9.46. The van der Waals surface area contributed by atoms with Gasteiger partial charge in [-0.2, -0.15) is 0 Å². The molecular formula is C23H15N3O6.